The Kier molecular flexibility index (Phi) is 6.94. The fourth-order valence-electron chi connectivity index (χ4n) is 2.58. The highest BCUT2D eigenvalue weighted by atomic mass is 19.3. The monoisotopic (exact) mass is 367 g/mol. The highest BCUT2D eigenvalue weighted by molar-refractivity contribution is 5.74. The number of carbonyl (C=O) groups excluding carboxylic acids is 1. The number of aryl methyl sites for hydroxylation is 2. The Morgan fingerprint density at radius 1 is 1.27 bits per heavy atom. The molecule has 0 saturated heterocycles. The number of ether oxygens (including phenoxy) is 1. The largest absolute Gasteiger partial charge is 0.435 e. The summed E-state index contributed by atoms with van der Waals surface area (Å²) in [6.07, 6.45) is 1.22. The van der Waals surface area contributed by atoms with Gasteiger partial charge in [-0.2, -0.15) is 8.78 Å². The van der Waals surface area contributed by atoms with Crippen molar-refractivity contribution in [1.29, 1.82) is 0 Å². The molecule has 0 bridgehead atoms. The molecule has 0 spiro atoms. The van der Waals surface area contributed by atoms with Crippen LogP contribution in [0.4, 0.5) is 13.6 Å². The van der Waals surface area contributed by atoms with E-state index in [4.69, 9.17) is 4.52 Å². The number of halogens is 2. The van der Waals surface area contributed by atoms with Gasteiger partial charge in [-0.3, -0.25) is 0 Å². The van der Waals surface area contributed by atoms with E-state index in [-0.39, 0.29) is 17.8 Å². The van der Waals surface area contributed by atoms with Crippen molar-refractivity contribution >= 4 is 6.03 Å². The number of aromatic nitrogens is 1. The fourth-order valence-corrected chi connectivity index (χ4v) is 2.58. The number of rotatable bonds is 8. The molecule has 0 fully saturated rings. The quantitative estimate of drug-likeness (QED) is 0.750. The van der Waals surface area contributed by atoms with Crippen molar-refractivity contribution in [3.8, 4) is 5.75 Å². The van der Waals surface area contributed by atoms with Crippen LogP contribution in [-0.4, -0.2) is 30.4 Å². The lowest BCUT2D eigenvalue weighted by molar-refractivity contribution is -0.0498. The average Bonchev–Trinajstić information content (AvgIpc) is 2.88. The molecule has 0 aliphatic heterocycles. The van der Waals surface area contributed by atoms with Gasteiger partial charge in [0.05, 0.1) is 5.69 Å². The van der Waals surface area contributed by atoms with Crippen LogP contribution in [0.3, 0.4) is 0 Å². The SMILES string of the molecule is Cc1noc(C)c1CC(C)NC(=O)NCCc1ccc(OC(F)F)cc1. The Bertz CT molecular complexity index is 697. The van der Waals surface area contributed by atoms with Crippen LogP contribution >= 0.6 is 0 Å². The number of hydrogen-bond donors (Lipinski definition) is 2. The van der Waals surface area contributed by atoms with Gasteiger partial charge in [-0.15, -0.1) is 0 Å². The summed E-state index contributed by atoms with van der Waals surface area (Å²) in [5.74, 6) is 0.874. The second kappa shape index (κ2) is 9.17. The number of urea groups is 1. The first-order valence-electron chi connectivity index (χ1n) is 8.35. The Morgan fingerprint density at radius 3 is 2.54 bits per heavy atom. The minimum Gasteiger partial charge on any atom is -0.435 e. The van der Waals surface area contributed by atoms with Crippen LogP contribution in [-0.2, 0) is 12.8 Å². The van der Waals surface area contributed by atoms with Crippen molar-refractivity contribution in [2.75, 3.05) is 6.54 Å². The van der Waals surface area contributed by atoms with Crippen molar-refractivity contribution in [3.05, 3.63) is 46.8 Å². The molecule has 6 nitrogen and oxygen atoms in total. The predicted octanol–water partition coefficient (Wildman–Crippen LogP) is 3.37. The number of nitrogens with zero attached hydrogens (tertiary/aromatic N) is 1. The molecular weight excluding hydrogens is 344 g/mol. The highest BCUT2D eigenvalue weighted by Crippen LogP contribution is 2.15. The van der Waals surface area contributed by atoms with Gasteiger partial charge in [0, 0.05) is 18.2 Å². The molecule has 1 aromatic carbocycles. The Balaban J connectivity index is 1.71. The summed E-state index contributed by atoms with van der Waals surface area (Å²) in [4.78, 5) is 12.0. The van der Waals surface area contributed by atoms with Gasteiger partial charge in [0.15, 0.2) is 0 Å². The van der Waals surface area contributed by atoms with Crippen LogP contribution in [0.15, 0.2) is 28.8 Å². The third-order valence-electron chi connectivity index (χ3n) is 3.92. The van der Waals surface area contributed by atoms with Gasteiger partial charge in [-0.05, 0) is 51.3 Å². The van der Waals surface area contributed by atoms with E-state index >= 15 is 0 Å². The molecule has 0 saturated carbocycles. The fraction of sp³-hybridized carbons (Fsp3) is 0.444. The second-order valence-electron chi connectivity index (χ2n) is 6.08. The molecule has 1 aromatic heterocycles. The predicted molar refractivity (Wildman–Crippen MR) is 92.5 cm³/mol. The van der Waals surface area contributed by atoms with E-state index in [1.54, 1.807) is 12.1 Å². The summed E-state index contributed by atoms with van der Waals surface area (Å²) < 4.78 is 33.6. The van der Waals surface area contributed by atoms with Crippen LogP contribution in [0.5, 0.6) is 5.75 Å². The van der Waals surface area contributed by atoms with E-state index in [0.717, 1.165) is 22.6 Å². The lowest BCUT2D eigenvalue weighted by Crippen LogP contribution is -2.42. The third-order valence-corrected chi connectivity index (χ3v) is 3.92. The molecule has 1 heterocycles. The van der Waals surface area contributed by atoms with E-state index in [1.807, 2.05) is 20.8 Å². The summed E-state index contributed by atoms with van der Waals surface area (Å²) in [6, 6.07) is 6.01. The molecule has 2 rings (SSSR count). The third kappa shape index (κ3) is 6.02. The second-order valence-corrected chi connectivity index (χ2v) is 6.08. The first-order chi connectivity index (χ1) is 12.3. The first kappa shape index (κ1) is 19.7. The van der Waals surface area contributed by atoms with Gasteiger partial charge in [0.25, 0.3) is 0 Å². The molecule has 26 heavy (non-hydrogen) atoms. The summed E-state index contributed by atoms with van der Waals surface area (Å²) in [6.45, 7) is 3.22. The lowest BCUT2D eigenvalue weighted by atomic mass is 10.1. The molecule has 8 heteroatoms. The molecule has 2 amide bonds. The maximum absolute atomic E-state index is 12.1. The van der Waals surface area contributed by atoms with E-state index in [2.05, 4.69) is 20.5 Å². The molecule has 2 aromatic rings. The summed E-state index contributed by atoms with van der Waals surface area (Å²) >= 11 is 0. The standard InChI is InChI=1S/C18H23F2N3O3/c1-11(10-16-12(2)23-26-13(16)3)22-18(24)21-9-8-14-4-6-15(7-5-14)25-17(19)20/h4-7,11,17H,8-10H2,1-3H3,(H2,21,22,24). The molecule has 2 N–H and O–H groups in total. The molecule has 142 valence electrons. The summed E-state index contributed by atoms with van der Waals surface area (Å²) in [5, 5.41) is 9.54. The zero-order valence-electron chi connectivity index (χ0n) is 15.0. The number of nitrogens with one attached hydrogen (secondary N) is 2. The van der Waals surface area contributed by atoms with Gasteiger partial charge in [0.1, 0.15) is 11.5 Å². The van der Waals surface area contributed by atoms with Crippen molar-refractivity contribution < 1.29 is 22.8 Å². The minimum absolute atomic E-state index is 0.0717. The van der Waals surface area contributed by atoms with E-state index < -0.39 is 6.61 Å². The first-order valence-corrected chi connectivity index (χ1v) is 8.35. The van der Waals surface area contributed by atoms with E-state index in [0.29, 0.717) is 19.4 Å². The normalized spacial score (nSPS) is 12.1. The Hall–Kier alpha value is -2.64. The summed E-state index contributed by atoms with van der Waals surface area (Å²) in [7, 11) is 0. The molecular formula is C18H23F2N3O3. The van der Waals surface area contributed by atoms with Gasteiger partial charge in [-0.25, -0.2) is 4.79 Å². The molecule has 1 atom stereocenters. The average molecular weight is 367 g/mol. The maximum Gasteiger partial charge on any atom is 0.387 e. The lowest BCUT2D eigenvalue weighted by Gasteiger charge is -2.14. The van der Waals surface area contributed by atoms with Crippen molar-refractivity contribution in [3.63, 3.8) is 0 Å². The molecule has 0 radical (unpaired) electrons. The Labute approximate surface area is 150 Å². The zero-order valence-corrected chi connectivity index (χ0v) is 15.0. The van der Waals surface area contributed by atoms with Gasteiger partial charge >= 0.3 is 12.6 Å². The van der Waals surface area contributed by atoms with Crippen LogP contribution in [0, 0.1) is 13.8 Å². The number of benzene rings is 1. The molecule has 0 aliphatic carbocycles. The highest BCUT2D eigenvalue weighted by Gasteiger charge is 2.14. The summed E-state index contributed by atoms with van der Waals surface area (Å²) in [5.41, 5.74) is 2.75. The smallest absolute Gasteiger partial charge is 0.387 e. The number of carbonyl (C=O) groups is 1. The number of alkyl halides is 2. The van der Waals surface area contributed by atoms with Crippen LogP contribution < -0.4 is 15.4 Å². The maximum atomic E-state index is 12.1. The van der Waals surface area contributed by atoms with Crippen molar-refractivity contribution in [2.24, 2.45) is 0 Å². The van der Waals surface area contributed by atoms with Crippen molar-refractivity contribution in [1.82, 2.24) is 15.8 Å². The molecule has 1 unspecified atom stereocenters. The zero-order chi connectivity index (χ0) is 19.1. The van der Waals surface area contributed by atoms with Gasteiger partial charge in [-0.1, -0.05) is 17.3 Å². The van der Waals surface area contributed by atoms with Crippen LogP contribution in [0.2, 0.25) is 0 Å². The van der Waals surface area contributed by atoms with Crippen molar-refractivity contribution in [2.45, 2.75) is 46.3 Å². The molecule has 0 aliphatic rings. The van der Waals surface area contributed by atoms with E-state index in [9.17, 15) is 13.6 Å². The van der Waals surface area contributed by atoms with Crippen LogP contribution in [0.1, 0.15) is 29.5 Å². The van der Waals surface area contributed by atoms with Gasteiger partial charge < -0.3 is 19.9 Å². The van der Waals surface area contributed by atoms with Crippen LogP contribution in [0.25, 0.3) is 0 Å². The minimum atomic E-state index is -2.83. The Morgan fingerprint density at radius 2 is 1.96 bits per heavy atom. The topological polar surface area (TPSA) is 76.4 Å². The number of hydrogen-bond acceptors (Lipinski definition) is 4. The van der Waals surface area contributed by atoms with E-state index in [1.165, 1.54) is 12.1 Å². The van der Waals surface area contributed by atoms with Gasteiger partial charge in [0.2, 0.25) is 0 Å². The number of amides is 2.